The van der Waals surface area contributed by atoms with Gasteiger partial charge in [-0.3, -0.25) is 4.99 Å². The van der Waals surface area contributed by atoms with Gasteiger partial charge in [0, 0.05) is 22.4 Å². The number of hydrogen-bond acceptors (Lipinski definition) is 5. The number of aliphatic hydroxyl groups is 1. The van der Waals surface area contributed by atoms with Gasteiger partial charge in [-0.15, -0.1) is 0 Å². The van der Waals surface area contributed by atoms with Crippen molar-refractivity contribution in [2.45, 2.75) is 6.92 Å². The highest BCUT2D eigenvalue weighted by Crippen LogP contribution is 2.43. The molecule has 5 heteroatoms. The minimum Gasteiger partial charge on any atom is -0.464 e. The molecule has 0 saturated carbocycles. The van der Waals surface area contributed by atoms with Gasteiger partial charge < -0.3 is 14.4 Å². The number of aryl methyl sites for hydroxylation is 1. The fraction of sp³-hybridized carbons (Fsp3) is 0.267. The molecule has 2 aliphatic rings. The van der Waals surface area contributed by atoms with Gasteiger partial charge in [-0.2, -0.15) is 0 Å². The van der Waals surface area contributed by atoms with Gasteiger partial charge in [-0.25, -0.2) is 0 Å². The molecule has 0 radical (unpaired) electrons. The number of benzene rings is 1. The van der Waals surface area contributed by atoms with Crippen LogP contribution < -0.4 is 0 Å². The zero-order valence-electron chi connectivity index (χ0n) is 11.1. The van der Waals surface area contributed by atoms with Crippen LogP contribution in [0.4, 0.5) is 0 Å². The summed E-state index contributed by atoms with van der Waals surface area (Å²) in [4.78, 5) is 7.67. The van der Waals surface area contributed by atoms with Crippen molar-refractivity contribution in [2.24, 2.45) is 4.99 Å². The summed E-state index contributed by atoms with van der Waals surface area (Å²) in [6.45, 7) is 3.80. The summed E-state index contributed by atoms with van der Waals surface area (Å²) in [5.74, 6) is 0. The number of fused-ring (bicyclic) bond motifs is 2. The zero-order valence-corrected chi connectivity index (χ0v) is 11.9. The quantitative estimate of drug-likeness (QED) is 0.922. The van der Waals surface area contributed by atoms with Crippen molar-refractivity contribution in [3.05, 3.63) is 40.5 Å². The average molecular weight is 286 g/mol. The third-order valence-electron chi connectivity index (χ3n) is 3.73. The fourth-order valence-electron chi connectivity index (χ4n) is 2.88. The molecule has 4 nitrogen and oxygen atoms in total. The number of aliphatic imine (C=N–C) groups is 1. The lowest BCUT2D eigenvalue weighted by atomic mass is 10.0. The van der Waals surface area contributed by atoms with Gasteiger partial charge in [-0.05, 0) is 18.6 Å². The molecule has 2 aliphatic heterocycles. The number of nitrogens with zero attached hydrogens (tertiary/aromatic N) is 2. The van der Waals surface area contributed by atoms with Gasteiger partial charge in [0.1, 0.15) is 5.58 Å². The molecule has 3 heterocycles. The van der Waals surface area contributed by atoms with Crippen LogP contribution in [0.2, 0.25) is 0 Å². The number of thioether (sulfide) groups is 1. The highest BCUT2D eigenvalue weighted by Gasteiger charge is 2.33. The van der Waals surface area contributed by atoms with Crippen molar-refractivity contribution in [3.63, 3.8) is 0 Å². The second-order valence-corrected chi connectivity index (χ2v) is 6.01. The Kier molecular flexibility index (Phi) is 2.65. The lowest BCUT2D eigenvalue weighted by Gasteiger charge is -2.18. The molecule has 1 N–H and O–H groups in total. The summed E-state index contributed by atoms with van der Waals surface area (Å²) in [6, 6.07) is 6.07. The van der Waals surface area contributed by atoms with E-state index in [-0.39, 0.29) is 6.61 Å². The van der Waals surface area contributed by atoms with Gasteiger partial charge in [0.15, 0.2) is 5.17 Å². The molecular weight excluding hydrogens is 272 g/mol. The average Bonchev–Trinajstić information content (AvgIpc) is 3.12. The second-order valence-electron chi connectivity index (χ2n) is 4.95. The molecule has 1 aromatic heterocycles. The van der Waals surface area contributed by atoms with E-state index in [2.05, 4.69) is 22.9 Å². The molecule has 20 heavy (non-hydrogen) atoms. The number of rotatable bonds is 2. The van der Waals surface area contributed by atoms with Gasteiger partial charge >= 0.3 is 0 Å². The van der Waals surface area contributed by atoms with E-state index >= 15 is 0 Å². The van der Waals surface area contributed by atoms with Crippen LogP contribution in [0.3, 0.4) is 0 Å². The Balaban J connectivity index is 1.98. The third-order valence-corrected chi connectivity index (χ3v) is 4.83. The summed E-state index contributed by atoms with van der Waals surface area (Å²) < 4.78 is 5.59. The molecule has 0 saturated heterocycles. The van der Waals surface area contributed by atoms with Gasteiger partial charge in [0.25, 0.3) is 0 Å². The van der Waals surface area contributed by atoms with Crippen LogP contribution in [0.1, 0.15) is 11.1 Å². The normalized spacial score (nSPS) is 18.1. The van der Waals surface area contributed by atoms with Crippen molar-refractivity contribution >= 4 is 33.6 Å². The van der Waals surface area contributed by atoms with E-state index in [0.717, 1.165) is 51.0 Å². The Morgan fingerprint density at radius 3 is 3.20 bits per heavy atom. The van der Waals surface area contributed by atoms with Crippen molar-refractivity contribution in [1.82, 2.24) is 4.90 Å². The van der Waals surface area contributed by atoms with E-state index in [9.17, 15) is 5.11 Å². The monoisotopic (exact) mass is 286 g/mol. The minimum atomic E-state index is 0.0445. The van der Waals surface area contributed by atoms with Gasteiger partial charge in [-0.1, -0.05) is 23.9 Å². The van der Waals surface area contributed by atoms with E-state index in [0.29, 0.717) is 0 Å². The SMILES string of the molecule is Cc1coc2cccc(C3=C(CO)SC4=NCCN43)c12. The zero-order chi connectivity index (χ0) is 13.7. The topological polar surface area (TPSA) is 49.0 Å². The Labute approximate surface area is 120 Å². The highest BCUT2D eigenvalue weighted by atomic mass is 32.2. The smallest absolute Gasteiger partial charge is 0.168 e. The van der Waals surface area contributed by atoms with E-state index < -0.39 is 0 Å². The summed E-state index contributed by atoms with van der Waals surface area (Å²) in [5, 5.41) is 11.8. The first-order chi connectivity index (χ1) is 9.79. The molecule has 0 fully saturated rings. The van der Waals surface area contributed by atoms with Crippen LogP contribution in [-0.4, -0.2) is 34.9 Å². The Morgan fingerprint density at radius 2 is 2.35 bits per heavy atom. The predicted octanol–water partition coefficient (Wildman–Crippen LogP) is 2.82. The maximum Gasteiger partial charge on any atom is 0.168 e. The lowest BCUT2D eigenvalue weighted by Crippen LogP contribution is -2.20. The molecular formula is C15H14N2O2S. The Bertz CT molecular complexity index is 760. The number of amidine groups is 1. The summed E-state index contributed by atoms with van der Waals surface area (Å²) >= 11 is 1.58. The number of hydrogen-bond donors (Lipinski definition) is 1. The van der Waals surface area contributed by atoms with Crippen LogP contribution in [-0.2, 0) is 0 Å². The largest absolute Gasteiger partial charge is 0.464 e. The van der Waals surface area contributed by atoms with Crippen LogP contribution >= 0.6 is 11.8 Å². The highest BCUT2D eigenvalue weighted by molar-refractivity contribution is 8.17. The number of furan rings is 1. The van der Waals surface area contributed by atoms with Crippen molar-refractivity contribution in [1.29, 1.82) is 0 Å². The first-order valence-electron chi connectivity index (χ1n) is 6.60. The fourth-order valence-corrected chi connectivity index (χ4v) is 3.93. The molecule has 0 bridgehead atoms. The summed E-state index contributed by atoms with van der Waals surface area (Å²) in [6.07, 6.45) is 1.79. The molecule has 0 amide bonds. The second kappa shape index (κ2) is 4.40. The standard InChI is InChI=1S/C15H14N2O2S/c1-9-8-19-11-4-2-3-10(13(9)11)14-12(7-18)20-15-16-5-6-17(14)15/h2-4,8,18H,5-7H2,1H3. The Morgan fingerprint density at radius 1 is 1.45 bits per heavy atom. The van der Waals surface area contributed by atoms with Crippen molar-refractivity contribution in [2.75, 3.05) is 19.7 Å². The maximum absolute atomic E-state index is 9.66. The predicted molar refractivity (Wildman–Crippen MR) is 81.6 cm³/mol. The molecule has 1 aromatic carbocycles. The molecule has 0 spiro atoms. The van der Waals surface area contributed by atoms with Crippen molar-refractivity contribution < 1.29 is 9.52 Å². The van der Waals surface area contributed by atoms with Crippen LogP contribution in [0.25, 0.3) is 16.7 Å². The molecule has 0 unspecified atom stereocenters. The lowest BCUT2D eigenvalue weighted by molar-refractivity contribution is 0.339. The van der Waals surface area contributed by atoms with Crippen molar-refractivity contribution in [3.8, 4) is 0 Å². The van der Waals surface area contributed by atoms with E-state index in [1.165, 1.54) is 0 Å². The molecule has 0 atom stereocenters. The van der Waals surface area contributed by atoms with Crippen LogP contribution in [0.15, 0.2) is 38.8 Å². The summed E-state index contributed by atoms with van der Waals surface area (Å²) in [5.41, 5.74) is 4.22. The van der Waals surface area contributed by atoms with Gasteiger partial charge in [0.2, 0.25) is 0 Å². The Hall–Kier alpha value is -1.72. The molecule has 2 aromatic rings. The minimum absolute atomic E-state index is 0.0445. The van der Waals surface area contributed by atoms with Gasteiger partial charge in [0.05, 0.1) is 25.1 Å². The molecule has 0 aliphatic carbocycles. The molecule has 4 rings (SSSR count). The van der Waals surface area contributed by atoms with E-state index in [4.69, 9.17) is 4.42 Å². The summed E-state index contributed by atoms with van der Waals surface area (Å²) in [7, 11) is 0. The van der Waals surface area contributed by atoms with Crippen LogP contribution in [0.5, 0.6) is 0 Å². The first kappa shape index (κ1) is 12.1. The van der Waals surface area contributed by atoms with Crippen LogP contribution in [0, 0.1) is 6.92 Å². The van der Waals surface area contributed by atoms with E-state index in [1.807, 2.05) is 12.1 Å². The first-order valence-corrected chi connectivity index (χ1v) is 7.42. The maximum atomic E-state index is 9.66. The molecule has 102 valence electrons. The van der Waals surface area contributed by atoms with E-state index in [1.54, 1.807) is 18.0 Å². The number of aliphatic hydroxyl groups excluding tert-OH is 1. The third kappa shape index (κ3) is 1.57.